The average molecular weight is 207 g/mol. The Morgan fingerprint density at radius 1 is 1.47 bits per heavy atom. The Bertz CT molecular complexity index is 334. The summed E-state index contributed by atoms with van der Waals surface area (Å²) in [5.74, 6) is 0.336. The van der Waals surface area contributed by atoms with Crippen LogP contribution in [0.5, 0.6) is 0 Å². The van der Waals surface area contributed by atoms with Gasteiger partial charge in [-0.15, -0.1) is 0 Å². The number of ether oxygens (including phenoxy) is 1. The molecule has 0 saturated heterocycles. The Balaban J connectivity index is 2.69. The lowest BCUT2D eigenvalue weighted by Gasteiger charge is -2.09. The molecular weight excluding hydrogens is 190 g/mol. The number of methoxy groups -OCH3 is 1. The summed E-state index contributed by atoms with van der Waals surface area (Å²) in [4.78, 5) is 11.3. The zero-order valence-corrected chi connectivity index (χ0v) is 9.41. The fourth-order valence-corrected chi connectivity index (χ4v) is 1.30. The van der Waals surface area contributed by atoms with Crippen LogP contribution in [-0.2, 0) is 9.53 Å². The van der Waals surface area contributed by atoms with Gasteiger partial charge in [-0.25, -0.2) is 0 Å². The monoisotopic (exact) mass is 207 g/mol. The summed E-state index contributed by atoms with van der Waals surface area (Å²) in [5.41, 5.74) is 2.04. The lowest BCUT2D eigenvalue weighted by molar-refractivity contribution is -0.119. The maximum absolute atomic E-state index is 11.3. The molecule has 0 aliphatic heterocycles. The van der Waals surface area contributed by atoms with E-state index < -0.39 is 0 Å². The van der Waals surface area contributed by atoms with E-state index >= 15 is 0 Å². The molecule has 0 aromatic heterocycles. The van der Waals surface area contributed by atoms with Crippen molar-refractivity contribution < 1.29 is 9.53 Å². The second-order valence-corrected chi connectivity index (χ2v) is 3.76. The molecule has 3 nitrogen and oxygen atoms in total. The minimum absolute atomic E-state index is 0.0892. The first-order valence-corrected chi connectivity index (χ1v) is 5.02. The molecule has 15 heavy (non-hydrogen) atoms. The molecular formula is C12H17NO2. The molecule has 0 aliphatic rings. The maximum Gasteiger partial charge on any atom is 0.250 e. The minimum Gasteiger partial charge on any atom is -0.375 e. The van der Waals surface area contributed by atoms with Gasteiger partial charge in [-0.05, 0) is 23.6 Å². The van der Waals surface area contributed by atoms with E-state index in [-0.39, 0.29) is 12.5 Å². The smallest absolute Gasteiger partial charge is 0.250 e. The first kappa shape index (κ1) is 11.7. The van der Waals surface area contributed by atoms with E-state index in [4.69, 9.17) is 4.74 Å². The van der Waals surface area contributed by atoms with Crippen LogP contribution in [0.2, 0.25) is 0 Å². The van der Waals surface area contributed by atoms with Crippen molar-refractivity contribution in [3.05, 3.63) is 29.8 Å². The van der Waals surface area contributed by atoms with E-state index in [1.807, 2.05) is 18.2 Å². The summed E-state index contributed by atoms with van der Waals surface area (Å²) in [7, 11) is 1.50. The molecule has 1 aromatic carbocycles. The Morgan fingerprint density at radius 3 is 2.80 bits per heavy atom. The zero-order valence-electron chi connectivity index (χ0n) is 9.41. The third-order valence-corrected chi connectivity index (χ3v) is 2.11. The molecule has 1 N–H and O–H groups in total. The lowest BCUT2D eigenvalue weighted by atomic mass is 10.0. The Kier molecular flexibility index (Phi) is 4.31. The molecule has 1 amide bonds. The number of anilines is 1. The van der Waals surface area contributed by atoms with Crippen LogP contribution in [-0.4, -0.2) is 19.6 Å². The van der Waals surface area contributed by atoms with Gasteiger partial charge in [-0.3, -0.25) is 4.79 Å². The van der Waals surface area contributed by atoms with Gasteiger partial charge in [0.15, 0.2) is 0 Å². The van der Waals surface area contributed by atoms with Gasteiger partial charge in [0.05, 0.1) is 0 Å². The van der Waals surface area contributed by atoms with Gasteiger partial charge in [0.25, 0.3) is 0 Å². The molecule has 0 radical (unpaired) electrons. The Hall–Kier alpha value is -1.35. The topological polar surface area (TPSA) is 38.3 Å². The molecule has 3 heteroatoms. The second-order valence-electron chi connectivity index (χ2n) is 3.76. The highest BCUT2D eigenvalue weighted by Crippen LogP contribution is 2.18. The number of nitrogens with one attached hydrogen (secondary N) is 1. The van der Waals surface area contributed by atoms with Gasteiger partial charge in [0.2, 0.25) is 5.91 Å². The molecule has 0 fully saturated rings. The third-order valence-electron chi connectivity index (χ3n) is 2.11. The molecule has 1 rings (SSSR count). The average Bonchev–Trinajstić information content (AvgIpc) is 2.18. The van der Waals surface area contributed by atoms with Crippen molar-refractivity contribution in [3.63, 3.8) is 0 Å². The normalized spacial score (nSPS) is 10.4. The van der Waals surface area contributed by atoms with Gasteiger partial charge in [-0.1, -0.05) is 26.0 Å². The quantitative estimate of drug-likeness (QED) is 0.823. The molecule has 0 unspecified atom stereocenters. The number of benzene rings is 1. The van der Waals surface area contributed by atoms with Crippen molar-refractivity contribution in [3.8, 4) is 0 Å². The van der Waals surface area contributed by atoms with Crippen LogP contribution in [0.4, 0.5) is 5.69 Å². The summed E-state index contributed by atoms with van der Waals surface area (Å²) in [6, 6.07) is 7.85. The number of carbonyl (C=O) groups is 1. The van der Waals surface area contributed by atoms with Crippen LogP contribution in [0.25, 0.3) is 0 Å². The fraction of sp³-hybridized carbons (Fsp3) is 0.417. The summed E-state index contributed by atoms with van der Waals surface area (Å²) >= 11 is 0. The lowest BCUT2D eigenvalue weighted by Crippen LogP contribution is -2.17. The number of hydrogen-bond acceptors (Lipinski definition) is 2. The molecule has 1 aromatic rings. The third kappa shape index (κ3) is 3.72. The molecule has 0 spiro atoms. The Labute approximate surface area is 90.4 Å². The molecule has 0 atom stereocenters. The highest BCUT2D eigenvalue weighted by molar-refractivity contribution is 5.91. The van der Waals surface area contributed by atoms with Crippen molar-refractivity contribution in [1.82, 2.24) is 0 Å². The summed E-state index contributed by atoms with van der Waals surface area (Å²) in [5, 5.41) is 2.77. The van der Waals surface area contributed by atoms with E-state index in [0.29, 0.717) is 5.92 Å². The van der Waals surface area contributed by atoms with Crippen LogP contribution < -0.4 is 5.32 Å². The number of amides is 1. The first-order chi connectivity index (χ1) is 7.13. The molecule has 82 valence electrons. The number of rotatable bonds is 4. The predicted molar refractivity (Wildman–Crippen MR) is 61.0 cm³/mol. The van der Waals surface area contributed by atoms with E-state index in [1.165, 1.54) is 12.7 Å². The largest absolute Gasteiger partial charge is 0.375 e. The van der Waals surface area contributed by atoms with Crippen LogP contribution in [0, 0.1) is 0 Å². The van der Waals surface area contributed by atoms with Crippen molar-refractivity contribution in [2.24, 2.45) is 0 Å². The van der Waals surface area contributed by atoms with Crippen molar-refractivity contribution in [1.29, 1.82) is 0 Å². The standard InChI is InChI=1S/C12H17NO2/c1-9(2)10-5-4-6-11(7-10)13-12(14)8-15-3/h4-7,9H,8H2,1-3H3,(H,13,14). The van der Waals surface area contributed by atoms with Gasteiger partial charge < -0.3 is 10.1 Å². The number of hydrogen-bond donors (Lipinski definition) is 1. The predicted octanol–water partition coefficient (Wildman–Crippen LogP) is 2.39. The van der Waals surface area contributed by atoms with Crippen molar-refractivity contribution in [2.45, 2.75) is 19.8 Å². The van der Waals surface area contributed by atoms with Crippen LogP contribution >= 0.6 is 0 Å². The summed E-state index contributed by atoms with van der Waals surface area (Å²) in [6.45, 7) is 4.33. The van der Waals surface area contributed by atoms with Crippen LogP contribution in [0.3, 0.4) is 0 Å². The molecule has 0 saturated carbocycles. The summed E-state index contributed by atoms with van der Waals surface area (Å²) < 4.78 is 4.74. The van der Waals surface area contributed by atoms with Gasteiger partial charge in [0.1, 0.15) is 6.61 Å². The van der Waals surface area contributed by atoms with Crippen LogP contribution in [0.1, 0.15) is 25.3 Å². The van der Waals surface area contributed by atoms with Gasteiger partial charge >= 0.3 is 0 Å². The summed E-state index contributed by atoms with van der Waals surface area (Å²) in [6.07, 6.45) is 0. The number of carbonyl (C=O) groups excluding carboxylic acids is 1. The molecule has 0 aliphatic carbocycles. The van der Waals surface area contributed by atoms with Crippen LogP contribution in [0.15, 0.2) is 24.3 Å². The second kappa shape index (κ2) is 5.51. The van der Waals surface area contributed by atoms with Crippen molar-refractivity contribution >= 4 is 11.6 Å². The minimum atomic E-state index is -0.126. The molecule has 0 heterocycles. The van der Waals surface area contributed by atoms with E-state index in [9.17, 15) is 4.79 Å². The Morgan fingerprint density at radius 2 is 2.20 bits per heavy atom. The first-order valence-electron chi connectivity index (χ1n) is 5.02. The van der Waals surface area contributed by atoms with E-state index in [2.05, 4.69) is 25.2 Å². The zero-order chi connectivity index (χ0) is 11.3. The van der Waals surface area contributed by atoms with Crippen molar-refractivity contribution in [2.75, 3.05) is 19.0 Å². The van der Waals surface area contributed by atoms with E-state index in [0.717, 1.165) is 5.69 Å². The molecule has 0 bridgehead atoms. The maximum atomic E-state index is 11.3. The van der Waals surface area contributed by atoms with Gasteiger partial charge in [-0.2, -0.15) is 0 Å². The van der Waals surface area contributed by atoms with Gasteiger partial charge in [0, 0.05) is 12.8 Å². The van der Waals surface area contributed by atoms with E-state index in [1.54, 1.807) is 0 Å². The highest BCUT2D eigenvalue weighted by atomic mass is 16.5. The SMILES string of the molecule is COCC(=O)Nc1cccc(C(C)C)c1. The fourth-order valence-electron chi connectivity index (χ4n) is 1.30. The highest BCUT2D eigenvalue weighted by Gasteiger charge is 2.03.